The Morgan fingerprint density at radius 1 is 1.25 bits per heavy atom. The first-order valence-corrected chi connectivity index (χ1v) is 6.19. The Balaban J connectivity index is 2.09. The third-order valence-electron chi connectivity index (χ3n) is 3.43. The van der Waals surface area contributed by atoms with Gasteiger partial charge in [0.1, 0.15) is 0 Å². The summed E-state index contributed by atoms with van der Waals surface area (Å²) in [5, 5.41) is 12.4. The largest absolute Gasteiger partial charge is 0.395 e. The van der Waals surface area contributed by atoms with Gasteiger partial charge in [0.2, 0.25) is 0 Å². The molecule has 16 heavy (non-hydrogen) atoms. The number of fused-ring (bicyclic) bond motifs is 1. The maximum absolute atomic E-state index is 9.02. The number of nitrogens with one attached hydrogen (secondary N) is 1. The molecule has 0 radical (unpaired) electrons. The van der Waals surface area contributed by atoms with E-state index >= 15 is 0 Å². The Kier molecular flexibility index (Phi) is 3.62. The minimum atomic E-state index is 0.156. The van der Waals surface area contributed by atoms with Crippen molar-refractivity contribution < 1.29 is 5.11 Å². The van der Waals surface area contributed by atoms with E-state index in [1.165, 1.54) is 36.0 Å². The fourth-order valence-electron chi connectivity index (χ4n) is 2.44. The van der Waals surface area contributed by atoms with Crippen LogP contribution in [0, 0.1) is 0 Å². The van der Waals surface area contributed by atoms with E-state index in [-0.39, 0.29) is 12.6 Å². The zero-order valence-electron chi connectivity index (χ0n) is 10.2. The summed E-state index contributed by atoms with van der Waals surface area (Å²) in [6.07, 6.45) is 3.77. The first-order chi connectivity index (χ1) is 7.70. The van der Waals surface area contributed by atoms with E-state index in [0.717, 1.165) is 0 Å². The van der Waals surface area contributed by atoms with Gasteiger partial charge < -0.3 is 10.4 Å². The molecule has 88 valence electrons. The lowest BCUT2D eigenvalue weighted by atomic mass is 10.0. The summed E-state index contributed by atoms with van der Waals surface area (Å²) in [6.45, 7) is 4.35. The van der Waals surface area contributed by atoms with Crippen LogP contribution in [0.2, 0.25) is 0 Å². The standard InChI is InChI=1S/C14H21NO/c1-10(9-16)15-11(2)13-7-6-12-4-3-5-14(12)8-13/h6-8,10-11,15-16H,3-5,9H2,1-2H3/t10-,11?/m0/s1. The number of aliphatic hydroxyl groups is 1. The third-order valence-corrected chi connectivity index (χ3v) is 3.43. The van der Waals surface area contributed by atoms with Crippen molar-refractivity contribution in [3.05, 3.63) is 34.9 Å². The highest BCUT2D eigenvalue weighted by atomic mass is 16.3. The number of hydrogen-bond donors (Lipinski definition) is 2. The normalized spacial score (nSPS) is 18.2. The maximum atomic E-state index is 9.02. The minimum Gasteiger partial charge on any atom is -0.395 e. The maximum Gasteiger partial charge on any atom is 0.0582 e. The lowest BCUT2D eigenvalue weighted by Crippen LogP contribution is -2.31. The van der Waals surface area contributed by atoms with Gasteiger partial charge in [-0.05, 0) is 49.8 Å². The van der Waals surface area contributed by atoms with Gasteiger partial charge in [-0.3, -0.25) is 0 Å². The van der Waals surface area contributed by atoms with Gasteiger partial charge in [0.25, 0.3) is 0 Å². The van der Waals surface area contributed by atoms with Crippen molar-refractivity contribution in [2.24, 2.45) is 0 Å². The lowest BCUT2D eigenvalue weighted by Gasteiger charge is -2.19. The molecule has 1 aromatic carbocycles. The number of benzene rings is 1. The summed E-state index contributed by atoms with van der Waals surface area (Å²) in [5.74, 6) is 0. The average Bonchev–Trinajstić information content (AvgIpc) is 2.75. The van der Waals surface area contributed by atoms with Gasteiger partial charge in [-0.2, -0.15) is 0 Å². The van der Waals surface area contributed by atoms with Crippen LogP contribution in [0.4, 0.5) is 0 Å². The highest BCUT2D eigenvalue weighted by molar-refractivity contribution is 5.36. The summed E-state index contributed by atoms with van der Waals surface area (Å²) in [5.41, 5.74) is 4.37. The monoisotopic (exact) mass is 219 g/mol. The molecular weight excluding hydrogens is 198 g/mol. The smallest absolute Gasteiger partial charge is 0.0582 e. The molecule has 2 heteroatoms. The molecular formula is C14H21NO. The Morgan fingerprint density at radius 2 is 2.00 bits per heavy atom. The fourth-order valence-corrected chi connectivity index (χ4v) is 2.44. The van der Waals surface area contributed by atoms with Crippen LogP contribution >= 0.6 is 0 Å². The fraction of sp³-hybridized carbons (Fsp3) is 0.571. The van der Waals surface area contributed by atoms with Crippen molar-refractivity contribution in [3.8, 4) is 0 Å². The number of aliphatic hydroxyl groups excluding tert-OH is 1. The van der Waals surface area contributed by atoms with E-state index in [4.69, 9.17) is 5.11 Å². The molecule has 0 bridgehead atoms. The summed E-state index contributed by atoms with van der Waals surface area (Å²) in [6, 6.07) is 7.27. The predicted molar refractivity (Wildman–Crippen MR) is 66.6 cm³/mol. The van der Waals surface area contributed by atoms with Crippen molar-refractivity contribution in [1.29, 1.82) is 0 Å². The lowest BCUT2D eigenvalue weighted by molar-refractivity contribution is 0.243. The van der Waals surface area contributed by atoms with Gasteiger partial charge in [-0.1, -0.05) is 18.2 Å². The topological polar surface area (TPSA) is 32.3 Å². The SMILES string of the molecule is CC(N[C@@H](C)CO)c1ccc2c(c1)CCC2. The second-order valence-electron chi connectivity index (χ2n) is 4.85. The molecule has 0 aromatic heterocycles. The van der Waals surface area contributed by atoms with Gasteiger partial charge in [-0.25, -0.2) is 0 Å². The summed E-state index contributed by atoms with van der Waals surface area (Å²) in [4.78, 5) is 0. The van der Waals surface area contributed by atoms with Crippen molar-refractivity contribution >= 4 is 0 Å². The number of hydrogen-bond acceptors (Lipinski definition) is 2. The molecule has 0 saturated carbocycles. The van der Waals surface area contributed by atoms with Gasteiger partial charge in [-0.15, -0.1) is 0 Å². The molecule has 0 spiro atoms. The van der Waals surface area contributed by atoms with E-state index < -0.39 is 0 Å². The molecule has 2 rings (SSSR count). The molecule has 1 aliphatic rings. The Labute approximate surface area is 97.7 Å². The van der Waals surface area contributed by atoms with E-state index in [9.17, 15) is 0 Å². The molecule has 1 aromatic rings. The Morgan fingerprint density at radius 3 is 2.75 bits per heavy atom. The molecule has 2 nitrogen and oxygen atoms in total. The zero-order valence-corrected chi connectivity index (χ0v) is 10.2. The summed E-state index contributed by atoms with van der Waals surface area (Å²) >= 11 is 0. The highest BCUT2D eigenvalue weighted by Gasteiger charge is 2.14. The van der Waals surface area contributed by atoms with Gasteiger partial charge in [0.05, 0.1) is 6.61 Å². The first kappa shape index (κ1) is 11.6. The molecule has 0 saturated heterocycles. The summed E-state index contributed by atoms with van der Waals surface area (Å²) in [7, 11) is 0. The highest BCUT2D eigenvalue weighted by Crippen LogP contribution is 2.25. The number of rotatable bonds is 4. The first-order valence-electron chi connectivity index (χ1n) is 6.19. The van der Waals surface area contributed by atoms with Crippen LogP contribution in [0.25, 0.3) is 0 Å². The molecule has 0 aliphatic heterocycles. The van der Waals surface area contributed by atoms with Crippen molar-refractivity contribution in [1.82, 2.24) is 5.32 Å². The van der Waals surface area contributed by atoms with Crippen LogP contribution in [-0.4, -0.2) is 17.8 Å². The second-order valence-corrected chi connectivity index (χ2v) is 4.85. The van der Waals surface area contributed by atoms with Crippen LogP contribution in [0.1, 0.15) is 43.0 Å². The van der Waals surface area contributed by atoms with Crippen molar-refractivity contribution in [2.45, 2.75) is 45.2 Å². The van der Waals surface area contributed by atoms with Crippen LogP contribution in [0.15, 0.2) is 18.2 Å². The minimum absolute atomic E-state index is 0.156. The van der Waals surface area contributed by atoms with Crippen molar-refractivity contribution in [3.63, 3.8) is 0 Å². The average molecular weight is 219 g/mol. The molecule has 0 amide bonds. The quantitative estimate of drug-likeness (QED) is 0.813. The Bertz CT molecular complexity index is 362. The van der Waals surface area contributed by atoms with E-state index in [2.05, 4.69) is 30.4 Å². The Hall–Kier alpha value is -0.860. The zero-order chi connectivity index (χ0) is 11.5. The molecule has 0 fully saturated rings. The van der Waals surface area contributed by atoms with E-state index in [1.807, 2.05) is 6.92 Å². The van der Waals surface area contributed by atoms with E-state index in [1.54, 1.807) is 0 Å². The van der Waals surface area contributed by atoms with E-state index in [0.29, 0.717) is 6.04 Å². The molecule has 2 N–H and O–H groups in total. The van der Waals surface area contributed by atoms with Crippen LogP contribution in [0.3, 0.4) is 0 Å². The van der Waals surface area contributed by atoms with Crippen LogP contribution < -0.4 is 5.32 Å². The predicted octanol–water partition coefficient (Wildman–Crippen LogP) is 2.21. The second kappa shape index (κ2) is 4.98. The van der Waals surface area contributed by atoms with Crippen LogP contribution in [0.5, 0.6) is 0 Å². The van der Waals surface area contributed by atoms with Gasteiger partial charge >= 0.3 is 0 Å². The van der Waals surface area contributed by atoms with Gasteiger partial charge in [0, 0.05) is 12.1 Å². The molecule has 1 unspecified atom stereocenters. The molecule has 0 heterocycles. The van der Waals surface area contributed by atoms with Crippen molar-refractivity contribution in [2.75, 3.05) is 6.61 Å². The van der Waals surface area contributed by atoms with Crippen LogP contribution in [-0.2, 0) is 12.8 Å². The molecule has 1 aliphatic carbocycles. The van der Waals surface area contributed by atoms with Gasteiger partial charge in [0.15, 0.2) is 0 Å². The number of aryl methyl sites for hydroxylation is 2. The summed E-state index contributed by atoms with van der Waals surface area (Å²) < 4.78 is 0. The third kappa shape index (κ3) is 2.45. The molecule has 2 atom stereocenters.